The summed E-state index contributed by atoms with van der Waals surface area (Å²) < 4.78 is 28.6. The fraction of sp³-hybridized carbons (Fsp3) is 0.733. The van der Waals surface area contributed by atoms with E-state index in [1.54, 1.807) is 11.3 Å². The van der Waals surface area contributed by atoms with Crippen LogP contribution in [0.2, 0.25) is 0 Å². The van der Waals surface area contributed by atoms with Gasteiger partial charge < -0.3 is 5.32 Å². The topological polar surface area (TPSA) is 58.2 Å². The summed E-state index contributed by atoms with van der Waals surface area (Å²) in [6.07, 6.45) is 4.65. The van der Waals surface area contributed by atoms with Crippen LogP contribution in [0.1, 0.15) is 50.0 Å². The average Bonchev–Trinajstić information content (AvgIpc) is 3.23. The Hall–Kier alpha value is -0.430. The van der Waals surface area contributed by atoms with E-state index in [1.807, 2.05) is 26.2 Å². The maximum absolute atomic E-state index is 12.8. The third-order valence-electron chi connectivity index (χ3n) is 4.38. The first kappa shape index (κ1) is 15.5. The van der Waals surface area contributed by atoms with Crippen LogP contribution in [0.5, 0.6) is 0 Å². The van der Waals surface area contributed by atoms with Crippen LogP contribution in [0.4, 0.5) is 0 Å². The van der Waals surface area contributed by atoms with E-state index in [0.717, 1.165) is 23.3 Å². The maximum Gasteiger partial charge on any atom is 0.242 e. The highest BCUT2D eigenvalue weighted by Crippen LogP contribution is 2.40. The monoisotopic (exact) mass is 328 g/mol. The molecule has 2 aliphatic carbocycles. The SMILES string of the molecule is Cc1csc(CNC2CC2)c1S(=O)(=O)NC(C)(C)C1CC1. The number of thiophene rings is 1. The number of hydrogen-bond donors (Lipinski definition) is 2. The molecule has 2 N–H and O–H groups in total. The summed E-state index contributed by atoms with van der Waals surface area (Å²) in [6, 6.07) is 0.582. The Morgan fingerprint density at radius 2 is 1.95 bits per heavy atom. The van der Waals surface area contributed by atoms with E-state index in [9.17, 15) is 8.42 Å². The van der Waals surface area contributed by atoms with Crippen LogP contribution in [-0.2, 0) is 16.6 Å². The third kappa shape index (κ3) is 3.50. The molecule has 0 amide bonds. The summed E-state index contributed by atoms with van der Waals surface area (Å²) in [5.74, 6) is 0.472. The second kappa shape index (κ2) is 5.33. The third-order valence-corrected chi connectivity index (χ3v) is 7.52. The Kier molecular flexibility index (Phi) is 3.93. The van der Waals surface area contributed by atoms with Gasteiger partial charge in [-0.2, -0.15) is 0 Å². The van der Waals surface area contributed by atoms with Crippen LogP contribution >= 0.6 is 11.3 Å². The molecule has 0 spiro atoms. The number of rotatable bonds is 7. The van der Waals surface area contributed by atoms with Gasteiger partial charge in [0.2, 0.25) is 10.0 Å². The molecule has 0 radical (unpaired) electrons. The van der Waals surface area contributed by atoms with Crippen LogP contribution < -0.4 is 10.0 Å². The van der Waals surface area contributed by atoms with Gasteiger partial charge in [0.1, 0.15) is 4.90 Å². The highest BCUT2D eigenvalue weighted by Gasteiger charge is 2.41. The Morgan fingerprint density at radius 1 is 1.29 bits per heavy atom. The lowest BCUT2D eigenvalue weighted by Crippen LogP contribution is -2.45. The molecule has 1 heterocycles. The summed E-state index contributed by atoms with van der Waals surface area (Å²) in [7, 11) is -3.45. The lowest BCUT2D eigenvalue weighted by molar-refractivity contribution is 0.400. The summed E-state index contributed by atoms with van der Waals surface area (Å²) in [5.41, 5.74) is 0.501. The summed E-state index contributed by atoms with van der Waals surface area (Å²) in [6.45, 7) is 6.52. The van der Waals surface area contributed by atoms with Gasteiger partial charge in [0.25, 0.3) is 0 Å². The molecule has 0 unspecified atom stereocenters. The Morgan fingerprint density at radius 3 is 2.52 bits per heavy atom. The van der Waals surface area contributed by atoms with Gasteiger partial charge in [0.05, 0.1) is 0 Å². The summed E-state index contributed by atoms with van der Waals surface area (Å²) >= 11 is 1.54. The normalized spacial score (nSPS) is 20.0. The zero-order chi connectivity index (χ0) is 15.3. The predicted molar refractivity (Wildman–Crippen MR) is 86.0 cm³/mol. The molecular formula is C15H24N2O2S2. The zero-order valence-electron chi connectivity index (χ0n) is 12.9. The van der Waals surface area contributed by atoms with Gasteiger partial charge >= 0.3 is 0 Å². The summed E-state index contributed by atoms with van der Waals surface area (Å²) in [5, 5.41) is 5.36. The highest BCUT2D eigenvalue weighted by molar-refractivity contribution is 7.89. The van der Waals surface area contributed by atoms with E-state index in [0.29, 0.717) is 23.4 Å². The maximum atomic E-state index is 12.8. The van der Waals surface area contributed by atoms with Gasteiger partial charge in [-0.3, -0.25) is 0 Å². The Bertz CT molecular complexity index is 626. The standard InChI is InChI=1S/C15H24N2O2S2/c1-10-9-20-13(8-16-12-6-7-12)14(10)21(18,19)17-15(2,3)11-4-5-11/h9,11-12,16-17H,4-8H2,1-3H3. The van der Waals surface area contributed by atoms with Crippen molar-refractivity contribution in [2.75, 3.05) is 0 Å². The van der Waals surface area contributed by atoms with Crippen LogP contribution in [0.25, 0.3) is 0 Å². The molecule has 2 saturated carbocycles. The van der Waals surface area contributed by atoms with Crippen molar-refractivity contribution in [1.29, 1.82) is 0 Å². The number of nitrogens with one attached hydrogen (secondary N) is 2. The number of hydrogen-bond acceptors (Lipinski definition) is 4. The molecule has 0 aromatic carbocycles. The van der Waals surface area contributed by atoms with Crippen molar-refractivity contribution in [3.05, 3.63) is 15.8 Å². The molecule has 3 rings (SSSR count). The Balaban J connectivity index is 1.81. The minimum Gasteiger partial charge on any atom is -0.309 e. The quantitative estimate of drug-likeness (QED) is 0.809. The van der Waals surface area contributed by atoms with Crippen molar-refractivity contribution in [3.63, 3.8) is 0 Å². The molecular weight excluding hydrogens is 304 g/mol. The van der Waals surface area contributed by atoms with Crippen LogP contribution in [-0.4, -0.2) is 20.0 Å². The lowest BCUT2D eigenvalue weighted by Gasteiger charge is -2.26. The van der Waals surface area contributed by atoms with Crippen LogP contribution in [0.3, 0.4) is 0 Å². The van der Waals surface area contributed by atoms with Crippen LogP contribution in [0, 0.1) is 12.8 Å². The van der Waals surface area contributed by atoms with Gasteiger partial charge in [0.15, 0.2) is 0 Å². The van der Waals surface area contributed by atoms with E-state index in [2.05, 4.69) is 10.0 Å². The predicted octanol–water partition coefficient (Wildman–Crippen LogP) is 2.78. The van der Waals surface area contributed by atoms with E-state index >= 15 is 0 Å². The number of sulfonamides is 1. The fourth-order valence-corrected chi connectivity index (χ4v) is 6.02. The number of aryl methyl sites for hydroxylation is 1. The molecule has 0 atom stereocenters. The molecule has 1 aromatic rings. The van der Waals surface area contributed by atoms with E-state index in [1.165, 1.54) is 12.8 Å². The zero-order valence-corrected chi connectivity index (χ0v) is 14.5. The molecule has 2 fully saturated rings. The molecule has 1 aromatic heterocycles. The van der Waals surface area contributed by atoms with Crippen molar-refractivity contribution in [1.82, 2.24) is 10.0 Å². The Labute approximate surface area is 131 Å². The first-order valence-corrected chi connectivity index (χ1v) is 10.0. The fourth-order valence-electron chi connectivity index (χ4n) is 2.78. The molecule has 4 nitrogen and oxygen atoms in total. The lowest BCUT2D eigenvalue weighted by atomic mass is 10.0. The van der Waals surface area contributed by atoms with E-state index in [4.69, 9.17) is 0 Å². The van der Waals surface area contributed by atoms with Gasteiger partial charge in [-0.1, -0.05) is 0 Å². The largest absolute Gasteiger partial charge is 0.309 e. The molecule has 6 heteroatoms. The van der Waals surface area contributed by atoms with Crippen LogP contribution in [0.15, 0.2) is 10.3 Å². The molecule has 0 saturated heterocycles. The van der Waals surface area contributed by atoms with Crippen molar-refractivity contribution in [2.45, 2.75) is 69.5 Å². The molecule has 0 bridgehead atoms. The minimum absolute atomic E-state index is 0.353. The second-order valence-electron chi connectivity index (χ2n) is 6.93. The smallest absolute Gasteiger partial charge is 0.242 e. The highest BCUT2D eigenvalue weighted by atomic mass is 32.2. The molecule has 118 valence electrons. The van der Waals surface area contributed by atoms with Gasteiger partial charge in [0, 0.05) is 23.0 Å². The van der Waals surface area contributed by atoms with Gasteiger partial charge in [-0.05, 0) is 63.3 Å². The van der Waals surface area contributed by atoms with Gasteiger partial charge in [-0.25, -0.2) is 13.1 Å². The van der Waals surface area contributed by atoms with E-state index < -0.39 is 10.0 Å². The molecule has 0 aliphatic heterocycles. The first-order valence-electron chi connectivity index (χ1n) is 7.64. The summed E-state index contributed by atoms with van der Waals surface area (Å²) in [4.78, 5) is 1.42. The molecule has 21 heavy (non-hydrogen) atoms. The van der Waals surface area contributed by atoms with Crippen molar-refractivity contribution < 1.29 is 8.42 Å². The minimum atomic E-state index is -3.45. The average molecular weight is 329 g/mol. The van der Waals surface area contributed by atoms with E-state index in [-0.39, 0.29) is 5.54 Å². The molecule has 2 aliphatic rings. The van der Waals surface area contributed by atoms with Crippen molar-refractivity contribution in [2.24, 2.45) is 5.92 Å². The van der Waals surface area contributed by atoms with Gasteiger partial charge in [-0.15, -0.1) is 11.3 Å². The van der Waals surface area contributed by atoms with Crippen molar-refractivity contribution in [3.8, 4) is 0 Å². The second-order valence-corrected chi connectivity index (χ2v) is 9.51. The van der Waals surface area contributed by atoms with Crippen molar-refractivity contribution >= 4 is 21.4 Å². The first-order chi connectivity index (χ1) is 9.79.